The lowest BCUT2D eigenvalue weighted by atomic mass is 9.94. The van der Waals surface area contributed by atoms with Gasteiger partial charge in [0.25, 0.3) is 0 Å². The van der Waals surface area contributed by atoms with E-state index in [2.05, 4.69) is 15.6 Å². The number of amides is 3. The van der Waals surface area contributed by atoms with E-state index in [1.165, 1.54) is 6.42 Å². The summed E-state index contributed by atoms with van der Waals surface area (Å²) in [6.07, 6.45) is 7.41. The number of aromatic nitrogens is 1. The number of pyridine rings is 1. The van der Waals surface area contributed by atoms with Crippen molar-refractivity contribution < 1.29 is 19.1 Å². The van der Waals surface area contributed by atoms with Crippen molar-refractivity contribution in [2.24, 2.45) is 0 Å². The Morgan fingerprint density at radius 2 is 1.73 bits per heavy atom. The van der Waals surface area contributed by atoms with Crippen LogP contribution in [0.4, 0.5) is 11.5 Å². The summed E-state index contributed by atoms with van der Waals surface area (Å²) in [5, 5.41) is 6.02. The predicted octanol–water partition coefficient (Wildman–Crippen LogP) is 6.04. The van der Waals surface area contributed by atoms with Crippen LogP contribution in [0.1, 0.15) is 74.1 Å². The van der Waals surface area contributed by atoms with Gasteiger partial charge in [0.05, 0.1) is 7.11 Å². The molecular formula is C33H40N4O4. The summed E-state index contributed by atoms with van der Waals surface area (Å²) in [6.45, 7) is 3.91. The van der Waals surface area contributed by atoms with Gasteiger partial charge in [-0.05, 0) is 80.1 Å². The van der Waals surface area contributed by atoms with Gasteiger partial charge in [-0.2, -0.15) is 0 Å². The number of rotatable bonds is 11. The molecule has 1 atom stereocenters. The Bertz CT molecular complexity index is 1320. The number of aryl methyl sites for hydroxylation is 2. The van der Waals surface area contributed by atoms with Gasteiger partial charge >= 0.3 is 0 Å². The standard InChI is InChI=1S/C33H40N4O4/c1-23-15-16-24(2)28(22-23)37(31(39)14-9-13-30(38)36-29-12-7-8-21-34-29)32(25-17-19-27(41-3)20-18-25)33(40)35-26-10-5-4-6-11-26/h7-8,12,15-22,26,32H,4-6,9-11,13-14H2,1-3H3,(H,35,40)(H,34,36,38). The van der Waals surface area contributed by atoms with Crippen LogP contribution in [-0.2, 0) is 14.4 Å². The molecule has 4 rings (SSSR count). The normalized spacial score (nSPS) is 14.1. The van der Waals surface area contributed by atoms with E-state index in [-0.39, 0.29) is 36.6 Å². The highest BCUT2D eigenvalue weighted by Gasteiger charge is 2.34. The Balaban J connectivity index is 1.62. The van der Waals surface area contributed by atoms with Crippen molar-refractivity contribution in [3.05, 3.63) is 83.6 Å². The van der Waals surface area contributed by atoms with Crippen LogP contribution in [0.15, 0.2) is 66.9 Å². The summed E-state index contributed by atoms with van der Waals surface area (Å²) in [5.41, 5.74) is 3.26. The van der Waals surface area contributed by atoms with Crippen molar-refractivity contribution in [2.75, 3.05) is 17.3 Å². The molecule has 3 aromatic rings. The van der Waals surface area contributed by atoms with E-state index < -0.39 is 6.04 Å². The molecule has 0 aliphatic heterocycles. The van der Waals surface area contributed by atoms with E-state index in [9.17, 15) is 14.4 Å². The third kappa shape index (κ3) is 8.16. The maximum absolute atomic E-state index is 14.1. The Kier molecular flexibility index (Phi) is 10.5. The van der Waals surface area contributed by atoms with Crippen LogP contribution in [0.2, 0.25) is 0 Å². The topological polar surface area (TPSA) is 101 Å². The average molecular weight is 557 g/mol. The summed E-state index contributed by atoms with van der Waals surface area (Å²) in [5.74, 6) is 0.508. The van der Waals surface area contributed by atoms with Gasteiger partial charge in [0, 0.05) is 30.8 Å². The lowest BCUT2D eigenvalue weighted by molar-refractivity contribution is -0.127. The third-order valence-corrected chi connectivity index (χ3v) is 7.51. The Labute approximate surface area is 242 Å². The lowest BCUT2D eigenvalue weighted by Crippen LogP contribution is -2.47. The predicted molar refractivity (Wildman–Crippen MR) is 161 cm³/mol. The van der Waals surface area contributed by atoms with Gasteiger partial charge < -0.3 is 15.4 Å². The monoisotopic (exact) mass is 556 g/mol. The minimum absolute atomic E-state index is 0.0860. The number of ether oxygens (including phenoxy) is 1. The molecule has 2 aromatic carbocycles. The van der Waals surface area contributed by atoms with Gasteiger partial charge in [-0.3, -0.25) is 19.3 Å². The van der Waals surface area contributed by atoms with E-state index in [4.69, 9.17) is 4.74 Å². The number of carbonyl (C=O) groups is 3. The van der Waals surface area contributed by atoms with E-state index in [0.717, 1.165) is 36.8 Å². The van der Waals surface area contributed by atoms with Crippen LogP contribution in [0.3, 0.4) is 0 Å². The first-order chi connectivity index (χ1) is 19.9. The van der Waals surface area contributed by atoms with Crippen LogP contribution in [0.5, 0.6) is 5.75 Å². The highest BCUT2D eigenvalue weighted by molar-refractivity contribution is 6.02. The zero-order valence-corrected chi connectivity index (χ0v) is 24.2. The van der Waals surface area contributed by atoms with E-state index in [1.807, 2.05) is 56.3 Å². The molecule has 1 saturated carbocycles. The summed E-state index contributed by atoms with van der Waals surface area (Å²) in [6, 6.07) is 17.7. The minimum atomic E-state index is -0.877. The van der Waals surface area contributed by atoms with Crippen LogP contribution in [0.25, 0.3) is 0 Å². The molecule has 8 heteroatoms. The molecule has 216 valence electrons. The Hall–Kier alpha value is -4.20. The molecule has 8 nitrogen and oxygen atoms in total. The van der Waals surface area contributed by atoms with E-state index in [1.54, 1.807) is 36.4 Å². The summed E-state index contributed by atoms with van der Waals surface area (Å²) in [7, 11) is 1.60. The molecule has 1 aliphatic carbocycles. The molecule has 0 saturated heterocycles. The second kappa shape index (κ2) is 14.4. The average Bonchev–Trinajstić information content (AvgIpc) is 2.98. The summed E-state index contributed by atoms with van der Waals surface area (Å²) >= 11 is 0. The summed E-state index contributed by atoms with van der Waals surface area (Å²) in [4.78, 5) is 46.4. The fourth-order valence-electron chi connectivity index (χ4n) is 5.29. The molecule has 2 N–H and O–H groups in total. The number of benzene rings is 2. The zero-order chi connectivity index (χ0) is 29.2. The molecule has 1 unspecified atom stereocenters. The maximum Gasteiger partial charge on any atom is 0.248 e. The minimum Gasteiger partial charge on any atom is -0.497 e. The van der Waals surface area contributed by atoms with Gasteiger partial charge in [0.2, 0.25) is 17.7 Å². The quantitative estimate of drug-likeness (QED) is 0.300. The second-order valence-corrected chi connectivity index (χ2v) is 10.7. The van der Waals surface area contributed by atoms with E-state index >= 15 is 0 Å². The number of hydrogen-bond donors (Lipinski definition) is 2. The largest absolute Gasteiger partial charge is 0.497 e. The molecule has 1 heterocycles. The number of carbonyl (C=O) groups excluding carboxylic acids is 3. The highest BCUT2D eigenvalue weighted by Crippen LogP contribution is 2.33. The number of anilines is 2. The number of methoxy groups -OCH3 is 1. The first-order valence-electron chi connectivity index (χ1n) is 14.4. The van der Waals surface area contributed by atoms with Crippen LogP contribution in [-0.4, -0.2) is 35.9 Å². The van der Waals surface area contributed by atoms with Gasteiger partial charge in [-0.25, -0.2) is 4.98 Å². The van der Waals surface area contributed by atoms with Gasteiger partial charge in [-0.15, -0.1) is 0 Å². The molecule has 0 spiro atoms. The molecule has 1 fully saturated rings. The second-order valence-electron chi connectivity index (χ2n) is 10.7. The lowest BCUT2D eigenvalue weighted by Gasteiger charge is -2.34. The zero-order valence-electron chi connectivity index (χ0n) is 24.2. The van der Waals surface area contributed by atoms with Crippen molar-refractivity contribution in [1.29, 1.82) is 0 Å². The number of nitrogens with one attached hydrogen (secondary N) is 2. The molecule has 1 aliphatic rings. The molecule has 0 bridgehead atoms. The molecule has 41 heavy (non-hydrogen) atoms. The van der Waals surface area contributed by atoms with E-state index in [0.29, 0.717) is 29.2 Å². The van der Waals surface area contributed by atoms with Gasteiger partial charge in [0.15, 0.2) is 0 Å². The van der Waals surface area contributed by atoms with Crippen molar-refractivity contribution >= 4 is 29.2 Å². The third-order valence-electron chi connectivity index (χ3n) is 7.51. The van der Waals surface area contributed by atoms with Gasteiger partial charge in [0.1, 0.15) is 17.6 Å². The van der Waals surface area contributed by atoms with Crippen molar-refractivity contribution in [3.8, 4) is 5.75 Å². The number of nitrogens with zero attached hydrogens (tertiary/aromatic N) is 2. The molecule has 3 amide bonds. The van der Waals surface area contributed by atoms with Crippen LogP contribution < -0.4 is 20.3 Å². The maximum atomic E-state index is 14.1. The highest BCUT2D eigenvalue weighted by atomic mass is 16.5. The van der Waals surface area contributed by atoms with Gasteiger partial charge in [-0.1, -0.05) is 49.6 Å². The van der Waals surface area contributed by atoms with Crippen molar-refractivity contribution in [1.82, 2.24) is 10.3 Å². The number of hydrogen-bond acceptors (Lipinski definition) is 5. The van der Waals surface area contributed by atoms with Crippen LogP contribution in [0, 0.1) is 13.8 Å². The van der Waals surface area contributed by atoms with Crippen molar-refractivity contribution in [3.63, 3.8) is 0 Å². The van der Waals surface area contributed by atoms with Crippen molar-refractivity contribution in [2.45, 2.75) is 77.3 Å². The fourth-order valence-corrected chi connectivity index (χ4v) is 5.29. The Morgan fingerprint density at radius 1 is 0.976 bits per heavy atom. The first-order valence-corrected chi connectivity index (χ1v) is 14.4. The first kappa shape index (κ1) is 29.8. The molecule has 1 aromatic heterocycles. The molecular weight excluding hydrogens is 516 g/mol. The molecule has 0 radical (unpaired) electrons. The SMILES string of the molecule is COc1ccc(C(C(=O)NC2CCCCC2)N(C(=O)CCCC(=O)Nc2ccccn2)c2cc(C)ccc2C)cc1. The fraction of sp³-hybridized carbons (Fsp3) is 0.394. The van der Waals surface area contributed by atoms with Crippen LogP contribution >= 0.6 is 0 Å². The smallest absolute Gasteiger partial charge is 0.248 e. The summed E-state index contributed by atoms with van der Waals surface area (Å²) < 4.78 is 5.35. The Morgan fingerprint density at radius 3 is 2.41 bits per heavy atom.